The number of likely N-dealkylation sites (N-methyl/N-ethyl adjacent to an activating group) is 1. The minimum atomic E-state index is -3.82. The highest BCUT2D eigenvalue weighted by atomic mass is 32.2. The van der Waals surface area contributed by atoms with Gasteiger partial charge < -0.3 is 15.5 Å². The van der Waals surface area contributed by atoms with Gasteiger partial charge in [0.1, 0.15) is 0 Å². The number of carboxylic acid groups (broad SMARTS) is 1. The van der Waals surface area contributed by atoms with E-state index in [1.54, 1.807) is 36.4 Å². The van der Waals surface area contributed by atoms with Crippen molar-refractivity contribution in [1.82, 2.24) is 9.62 Å². The summed E-state index contributed by atoms with van der Waals surface area (Å²) in [6.45, 7) is 4.42. The number of aliphatic hydroxyl groups is 1. The molecule has 0 spiro atoms. The first kappa shape index (κ1) is 29.5. The predicted octanol–water partition coefficient (Wildman–Crippen LogP) is 4.35. The first-order valence-electron chi connectivity index (χ1n) is 12.8. The van der Waals surface area contributed by atoms with Crippen molar-refractivity contribution in [3.63, 3.8) is 0 Å². The summed E-state index contributed by atoms with van der Waals surface area (Å²) in [5.74, 6) is -0.905. The van der Waals surface area contributed by atoms with Crippen LogP contribution < -0.4 is 5.32 Å². The average molecular weight is 539 g/mol. The quantitative estimate of drug-likeness (QED) is 0.282. The molecule has 0 saturated carbocycles. The van der Waals surface area contributed by atoms with Gasteiger partial charge in [-0.1, -0.05) is 66.7 Å². The fourth-order valence-electron chi connectivity index (χ4n) is 4.33. The summed E-state index contributed by atoms with van der Waals surface area (Å²) in [5, 5.41) is 22.9. The maximum absolute atomic E-state index is 13.2. The van der Waals surface area contributed by atoms with Crippen LogP contribution in [0.1, 0.15) is 37.8 Å². The van der Waals surface area contributed by atoms with Gasteiger partial charge in [0.25, 0.3) is 0 Å². The minimum Gasteiger partial charge on any atom is -0.481 e. The Morgan fingerprint density at radius 2 is 1.63 bits per heavy atom. The smallest absolute Gasteiger partial charge is 0.307 e. The first-order chi connectivity index (χ1) is 18.0. The molecule has 204 valence electrons. The van der Waals surface area contributed by atoms with Gasteiger partial charge in [-0.15, -0.1) is 0 Å². The van der Waals surface area contributed by atoms with Gasteiger partial charge in [-0.3, -0.25) is 4.79 Å². The molecule has 3 aromatic rings. The summed E-state index contributed by atoms with van der Waals surface area (Å²) in [6.07, 6.45) is 1.98. The molecule has 0 bridgehead atoms. The third-order valence-electron chi connectivity index (χ3n) is 6.58. The number of rotatable bonds is 14. The molecule has 3 aromatic carbocycles. The molecule has 7 nitrogen and oxygen atoms in total. The largest absolute Gasteiger partial charge is 0.481 e. The fourth-order valence-corrected chi connectivity index (χ4v) is 5.58. The Hall–Kier alpha value is -3.04. The summed E-state index contributed by atoms with van der Waals surface area (Å²) in [4.78, 5) is 11.0. The molecule has 0 amide bonds. The lowest BCUT2D eigenvalue weighted by Gasteiger charge is -2.29. The molecule has 0 aliphatic heterocycles. The van der Waals surface area contributed by atoms with Crippen molar-refractivity contribution in [1.29, 1.82) is 0 Å². The molecule has 8 heteroatoms. The van der Waals surface area contributed by atoms with Crippen LogP contribution in [-0.2, 0) is 27.7 Å². The summed E-state index contributed by atoms with van der Waals surface area (Å²) < 4.78 is 27.6. The highest BCUT2D eigenvalue weighted by molar-refractivity contribution is 7.89. The van der Waals surface area contributed by atoms with Crippen molar-refractivity contribution in [3.8, 4) is 11.1 Å². The van der Waals surface area contributed by atoms with Gasteiger partial charge in [-0.25, -0.2) is 8.42 Å². The highest BCUT2D eigenvalue weighted by Crippen LogP contribution is 2.25. The van der Waals surface area contributed by atoms with Crippen LogP contribution in [0.25, 0.3) is 11.1 Å². The molecule has 0 radical (unpaired) electrons. The Bertz CT molecular complexity index is 1290. The van der Waals surface area contributed by atoms with E-state index >= 15 is 0 Å². The van der Waals surface area contributed by atoms with E-state index in [2.05, 4.69) is 31.3 Å². The molecular formula is C30H38N2O5S. The Balaban J connectivity index is 1.55. The van der Waals surface area contributed by atoms with Crippen LogP contribution in [0.5, 0.6) is 0 Å². The Kier molecular flexibility index (Phi) is 10.2. The third kappa shape index (κ3) is 8.77. The molecule has 0 saturated heterocycles. The standard InChI is InChI=1S/C30H38N2O5S/c1-30(2,18-8-11-23-9-5-4-6-10-23)31-21-27(33)22-32(3)38(36,37)28-13-7-12-26(20-28)25-16-14-24(15-17-25)19-29(34)35/h4-7,9-10,12-17,20,27,31,33H,8,11,18-19,21-22H2,1-3H3,(H,34,35). The number of aliphatic carboxylic acids is 1. The van der Waals surface area contributed by atoms with Gasteiger partial charge in [0.15, 0.2) is 0 Å². The number of nitrogens with zero attached hydrogens (tertiary/aromatic N) is 1. The molecule has 0 fully saturated rings. The van der Waals surface area contributed by atoms with E-state index in [1.165, 1.54) is 23.0 Å². The van der Waals surface area contributed by atoms with E-state index in [4.69, 9.17) is 5.11 Å². The molecule has 0 aliphatic rings. The van der Waals surface area contributed by atoms with Crippen LogP contribution >= 0.6 is 0 Å². The normalized spacial score (nSPS) is 13.0. The Morgan fingerprint density at radius 1 is 0.947 bits per heavy atom. The second-order valence-corrected chi connectivity index (χ2v) is 12.4. The van der Waals surface area contributed by atoms with Crippen LogP contribution in [0.15, 0.2) is 83.8 Å². The zero-order valence-electron chi connectivity index (χ0n) is 22.3. The van der Waals surface area contributed by atoms with Crippen molar-refractivity contribution >= 4 is 16.0 Å². The summed E-state index contributed by atoms with van der Waals surface area (Å²) in [6, 6.07) is 24.0. The van der Waals surface area contributed by atoms with Crippen LogP contribution in [0.2, 0.25) is 0 Å². The van der Waals surface area contributed by atoms with Crippen LogP contribution in [0.4, 0.5) is 0 Å². The molecule has 0 aliphatic carbocycles. The fraction of sp³-hybridized carbons (Fsp3) is 0.367. The minimum absolute atomic E-state index is 0.0382. The van der Waals surface area contributed by atoms with Crippen LogP contribution in [-0.4, -0.2) is 60.7 Å². The van der Waals surface area contributed by atoms with Crippen molar-refractivity contribution in [2.24, 2.45) is 0 Å². The summed E-state index contributed by atoms with van der Waals surface area (Å²) in [7, 11) is -2.35. The topological polar surface area (TPSA) is 107 Å². The Labute approximate surface area is 226 Å². The van der Waals surface area contributed by atoms with Crippen molar-refractivity contribution in [2.75, 3.05) is 20.1 Å². The van der Waals surface area contributed by atoms with E-state index in [-0.39, 0.29) is 29.9 Å². The average Bonchev–Trinajstić information content (AvgIpc) is 2.88. The van der Waals surface area contributed by atoms with E-state index < -0.39 is 22.1 Å². The number of hydrogen-bond acceptors (Lipinski definition) is 5. The lowest BCUT2D eigenvalue weighted by molar-refractivity contribution is -0.136. The maximum Gasteiger partial charge on any atom is 0.307 e. The SMILES string of the molecule is CN(CC(O)CNC(C)(C)CCCc1ccccc1)S(=O)(=O)c1cccc(-c2ccc(CC(=O)O)cc2)c1. The van der Waals surface area contributed by atoms with E-state index in [1.807, 2.05) is 24.3 Å². The molecule has 38 heavy (non-hydrogen) atoms. The highest BCUT2D eigenvalue weighted by Gasteiger charge is 2.25. The van der Waals surface area contributed by atoms with Gasteiger partial charge in [0, 0.05) is 25.7 Å². The van der Waals surface area contributed by atoms with Crippen LogP contribution in [0.3, 0.4) is 0 Å². The number of sulfonamides is 1. The first-order valence-corrected chi connectivity index (χ1v) is 14.2. The summed E-state index contributed by atoms with van der Waals surface area (Å²) >= 11 is 0. The van der Waals surface area contributed by atoms with E-state index in [0.717, 1.165) is 24.8 Å². The summed E-state index contributed by atoms with van der Waals surface area (Å²) in [5.41, 5.74) is 3.28. The number of aliphatic hydroxyl groups excluding tert-OH is 1. The van der Waals surface area contributed by atoms with Gasteiger partial charge in [0.2, 0.25) is 10.0 Å². The Morgan fingerprint density at radius 3 is 2.29 bits per heavy atom. The third-order valence-corrected chi connectivity index (χ3v) is 8.40. The molecule has 3 rings (SSSR count). The number of hydrogen-bond donors (Lipinski definition) is 3. The second-order valence-electron chi connectivity index (χ2n) is 10.3. The van der Waals surface area contributed by atoms with Gasteiger partial charge in [0.05, 0.1) is 17.4 Å². The number of carbonyl (C=O) groups is 1. The van der Waals surface area contributed by atoms with Gasteiger partial charge in [-0.2, -0.15) is 4.31 Å². The second kappa shape index (κ2) is 13.2. The predicted molar refractivity (Wildman–Crippen MR) is 151 cm³/mol. The van der Waals surface area contributed by atoms with Crippen LogP contribution in [0, 0.1) is 0 Å². The lowest BCUT2D eigenvalue weighted by Crippen LogP contribution is -2.46. The number of aryl methyl sites for hydroxylation is 1. The maximum atomic E-state index is 13.2. The number of nitrogens with one attached hydrogen (secondary N) is 1. The van der Waals surface area contributed by atoms with Crippen molar-refractivity contribution in [3.05, 3.63) is 90.0 Å². The molecule has 0 aromatic heterocycles. The molecule has 1 unspecified atom stereocenters. The van der Waals surface area contributed by atoms with E-state index in [9.17, 15) is 18.3 Å². The number of carboxylic acids is 1. The van der Waals surface area contributed by atoms with E-state index in [0.29, 0.717) is 11.1 Å². The van der Waals surface area contributed by atoms with Crippen molar-refractivity contribution in [2.45, 2.75) is 56.1 Å². The zero-order chi connectivity index (χ0) is 27.8. The molecule has 1 atom stereocenters. The van der Waals surface area contributed by atoms with Gasteiger partial charge in [-0.05, 0) is 67.5 Å². The zero-order valence-corrected chi connectivity index (χ0v) is 23.1. The lowest BCUT2D eigenvalue weighted by atomic mass is 9.95. The molecule has 0 heterocycles. The molecular weight excluding hydrogens is 500 g/mol. The van der Waals surface area contributed by atoms with Crippen molar-refractivity contribution < 1.29 is 23.4 Å². The monoisotopic (exact) mass is 538 g/mol. The van der Waals surface area contributed by atoms with Gasteiger partial charge >= 0.3 is 5.97 Å². The number of benzene rings is 3. The molecule has 3 N–H and O–H groups in total. The number of β-amino-alcohol motifs (C(OH)–C–C–N with tert-alkyl or cyclic N) is 1.